The van der Waals surface area contributed by atoms with E-state index in [0.717, 1.165) is 11.5 Å². The molecule has 6 heteroatoms. The number of hydrogen-bond acceptors (Lipinski definition) is 5. The van der Waals surface area contributed by atoms with Crippen molar-refractivity contribution in [1.29, 1.82) is 0 Å². The fourth-order valence-corrected chi connectivity index (χ4v) is 1.92. The molecule has 94 valence electrons. The second-order valence-electron chi connectivity index (χ2n) is 4.43. The van der Waals surface area contributed by atoms with Crippen LogP contribution in [0.15, 0.2) is 10.6 Å². The second-order valence-corrected chi connectivity index (χ2v) is 4.43. The summed E-state index contributed by atoms with van der Waals surface area (Å²) in [6, 6.07) is 1.61. The first-order valence-corrected chi connectivity index (χ1v) is 5.58. The van der Waals surface area contributed by atoms with Crippen molar-refractivity contribution in [1.82, 2.24) is 10.1 Å². The molecular formula is C11H17N3O3. The van der Waals surface area contributed by atoms with E-state index in [1.807, 2.05) is 13.0 Å². The quantitative estimate of drug-likeness (QED) is 0.797. The fraction of sp³-hybridized carbons (Fsp3) is 0.636. The minimum Gasteiger partial charge on any atom is -0.379 e. The van der Waals surface area contributed by atoms with Crippen LogP contribution in [-0.4, -0.2) is 42.3 Å². The van der Waals surface area contributed by atoms with E-state index in [0.29, 0.717) is 19.8 Å². The SMILES string of the molecule is Cc1cc(CN(C)C(=O)C2COCC2N)no1. The average Bonchev–Trinajstić information content (AvgIpc) is 2.86. The van der Waals surface area contributed by atoms with Gasteiger partial charge < -0.3 is 19.9 Å². The van der Waals surface area contributed by atoms with E-state index in [1.54, 1.807) is 11.9 Å². The van der Waals surface area contributed by atoms with Crippen LogP contribution >= 0.6 is 0 Å². The summed E-state index contributed by atoms with van der Waals surface area (Å²) in [4.78, 5) is 13.7. The largest absolute Gasteiger partial charge is 0.379 e. The van der Waals surface area contributed by atoms with Crippen molar-refractivity contribution < 1.29 is 14.1 Å². The van der Waals surface area contributed by atoms with Gasteiger partial charge in [0.1, 0.15) is 11.5 Å². The first kappa shape index (κ1) is 12.1. The molecule has 0 aliphatic carbocycles. The smallest absolute Gasteiger partial charge is 0.229 e. The van der Waals surface area contributed by atoms with Crippen LogP contribution in [-0.2, 0) is 16.1 Å². The van der Waals surface area contributed by atoms with Gasteiger partial charge in [0, 0.05) is 19.2 Å². The highest BCUT2D eigenvalue weighted by Gasteiger charge is 2.33. The van der Waals surface area contributed by atoms with Crippen LogP contribution in [0.5, 0.6) is 0 Å². The molecule has 0 bridgehead atoms. The Morgan fingerprint density at radius 1 is 1.65 bits per heavy atom. The minimum atomic E-state index is -0.243. The second kappa shape index (κ2) is 4.85. The molecule has 1 fully saturated rings. The predicted molar refractivity (Wildman–Crippen MR) is 60.0 cm³/mol. The zero-order valence-corrected chi connectivity index (χ0v) is 10.0. The molecule has 0 aromatic carbocycles. The first-order chi connectivity index (χ1) is 8.08. The summed E-state index contributed by atoms with van der Waals surface area (Å²) in [5.41, 5.74) is 6.55. The zero-order chi connectivity index (χ0) is 12.4. The molecule has 2 rings (SSSR count). The van der Waals surface area contributed by atoms with E-state index < -0.39 is 0 Å². The van der Waals surface area contributed by atoms with Crippen LogP contribution in [0.25, 0.3) is 0 Å². The van der Waals surface area contributed by atoms with Crippen LogP contribution in [0.1, 0.15) is 11.5 Å². The van der Waals surface area contributed by atoms with Crippen molar-refractivity contribution in [2.24, 2.45) is 11.7 Å². The maximum atomic E-state index is 12.1. The van der Waals surface area contributed by atoms with Crippen molar-refractivity contribution in [2.45, 2.75) is 19.5 Å². The van der Waals surface area contributed by atoms with Gasteiger partial charge in [-0.05, 0) is 6.92 Å². The van der Waals surface area contributed by atoms with Gasteiger partial charge in [-0.3, -0.25) is 4.79 Å². The molecule has 1 amide bonds. The molecule has 1 saturated heterocycles. The minimum absolute atomic E-state index is 0.00402. The molecule has 6 nitrogen and oxygen atoms in total. The molecule has 2 atom stereocenters. The highest BCUT2D eigenvalue weighted by Crippen LogP contribution is 2.15. The van der Waals surface area contributed by atoms with Gasteiger partial charge >= 0.3 is 0 Å². The number of amides is 1. The van der Waals surface area contributed by atoms with Crippen LogP contribution in [0, 0.1) is 12.8 Å². The fourth-order valence-electron chi connectivity index (χ4n) is 1.92. The van der Waals surface area contributed by atoms with Gasteiger partial charge in [-0.25, -0.2) is 0 Å². The van der Waals surface area contributed by atoms with E-state index in [4.69, 9.17) is 15.0 Å². The summed E-state index contributed by atoms with van der Waals surface area (Å²) in [7, 11) is 1.73. The van der Waals surface area contributed by atoms with Gasteiger partial charge in [0.25, 0.3) is 0 Å². The molecule has 0 spiro atoms. The number of aromatic nitrogens is 1. The van der Waals surface area contributed by atoms with Crippen LogP contribution in [0.3, 0.4) is 0 Å². The summed E-state index contributed by atoms with van der Waals surface area (Å²) in [6.45, 7) is 3.11. The summed E-state index contributed by atoms with van der Waals surface area (Å²) < 4.78 is 10.1. The van der Waals surface area contributed by atoms with Crippen molar-refractivity contribution in [3.63, 3.8) is 0 Å². The van der Waals surface area contributed by atoms with Crippen LogP contribution < -0.4 is 5.73 Å². The monoisotopic (exact) mass is 239 g/mol. The molecule has 1 aliphatic rings. The van der Waals surface area contributed by atoms with Gasteiger partial charge in [-0.2, -0.15) is 0 Å². The van der Waals surface area contributed by atoms with Crippen molar-refractivity contribution in [2.75, 3.05) is 20.3 Å². The third-order valence-corrected chi connectivity index (χ3v) is 2.89. The highest BCUT2D eigenvalue weighted by molar-refractivity contribution is 5.79. The van der Waals surface area contributed by atoms with Gasteiger partial charge in [-0.1, -0.05) is 5.16 Å². The molecule has 2 heterocycles. The van der Waals surface area contributed by atoms with E-state index in [9.17, 15) is 4.79 Å². The van der Waals surface area contributed by atoms with E-state index in [1.165, 1.54) is 0 Å². The lowest BCUT2D eigenvalue weighted by Crippen LogP contribution is -2.41. The molecule has 1 aromatic rings. The third-order valence-electron chi connectivity index (χ3n) is 2.89. The van der Waals surface area contributed by atoms with Gasteiger partial charge in [-0.15, -0.1) is 0 Å². The summed E-state index contributed by atoms with van der Waals surface area (Å²) in [6.07, 6.45) is 0. The van der Waals surface area contributed by atoms with Crippen LogP contribution in [0.2, 0.25) is 0 Å². The maximum absolute atomic E-state index is 12.1. The molecule has 2 N–H and O–H groups in total. The lowest BCUT2D eigenvalue weighted by atomic mass is 10.0. The topological polar surface area (TPSA) is 81.6 Å². The predicted octanol–water partition coefficient (Wildman–Crippen LogP) is -0.0849. The molecule has 1 aliphatic heterocycles. The van der Waals surface area contributed by atoms with Crippen molar-refractivity contribution in [3.8, 4) is 0 Å². The Bertz CT molecular complexity index is 404. The number of carbonyl (C=O) groups excluding carboxylic acids is 1. The molecule has 17 heavy (non-hydrogen) atoms. The molecule has 0 saturated carbocycles. The van der Waals surface area contributed by atoms with Crippen LogP contribution in [0.4, 0.5) is 0 Å². The molecule has 0 radical (unpaired) electrons. The Morgan fingerprint density at radius 2 is 2.41 bits per heavy atom. The van der Waals surface area contributed by atoms with Crippen molar-refractivity contribution >= 4 is 5.91 Å². The number of ether oxygens (including phenoxy) is 1. The number of aryl methyl sites for hydroxylation is 1. The van der Waals surface area contributed by atoms with E-state index >= 15 is 0 Å². The average molecular weight is 239 g/mol. The maximum Gasteiger partial charge on any atom is 0.229 e. The number of carbonyl (C=O) groups is 1. The van der Waals surface area contributed by atoms with E-state index in [2.05, 4.69) is 5.16 Å². The summed E-state index contributed by atoms with van der Waals surface area (Å²) in [5, 5.41) is 3.85. The normalized spacial score (nSPS) is 23.9. The standard InChI is InChI=1S/C11H17N3O3/c1-7-3-8(13-17-7)4-14(2)11(15)9-5-16-6-10(9)12/h3,9-10H,4-6,12H2,1-2H3. The number of nitrogens with zero attached hydrogens (tertiary/aromatic N) is 2. The lowest BCUT2D eigenvalue weighted by molar-refractivity contribution is -0.135. The number of rotatable bonds is 3. The number of hydrogen-bond donors (Lipinski definition) is 1. The number of nitrogens with two attached hydrogens (primary N) is 1. The first-order valence-electron chi connectivity index (χ1n) is 5.58. The molecular weight excluding hydrogens is 222 g/mol. The molecule has 2 unspecified atom stereocenters. The van der Waals surface area contributed by atoms with Crippen molar-refractivity contribution in [3.05, 3.63) is 17.5 Å². The zero-order valence-electron chi connectivity index (χ0n) is 10.0. The third kappa shape index (κ3) is 2.65. The Kier molecular flexibility index (Phi) is 3.44. The Labute approximate surface area is 99.7 Å². The van der Waals surface area contributed by atoms with E-state index in [-0.39, 0.29) is 17.9 Å². The van der Waals surface area contributed by atoms with Gasteiger partial charge in [0.15, 0.2) is 0 Å². The summed E-state index contributed by atoms with van der Waals surface area (Å²) >= 11 is 0. The lowest BCUT2D eigenvalue weighted by Gasteiger charge is -2.21. The Balaban J connectivity index is 1.95. The summed E-state index contributed by atoms with van der Waals surface area (Å²) in [5.74, 6) is 0.491. The molecule has 1 aromatic heterocycles. The Morgan fingerprint density at radius 3 is 2.94 bits per heavy atom. The Hall–Kier alpha value is -1.40. The highest BCUT2D eigenvalue weighted by atomic mass is 16.5. The van der Waals surface area contributed by atoms with Gasteiger partial charge in [0.2, 0.25) is 5.91 Å². The van der Waals surface area contributed by atoms with Gasteiger partial charge in [0.05, 0.1) is 25.7 Å².